The minimum atomic E-state index is -1.22. The van der Waals surface area contributed by atoms with Crippen molar-refractivity contribution in [1.82, 2.24) is 5.43 Å². The molecule has 0 fully saturated rings. The highest BCUT2D eigenvalue weighted by atomic mass is 16.4. The van der Waals surface area contributed by atoms with Crippen LogP contribution in [0.5, 0.6) is 0 Å². The van der Waals surface area contributed by atoms with Crippen LogP contribution in [-0.2, 0) is 0 Å². The maximum Gasteiger partial charge on any atom is 0.418 e. The third kappa shape index (κ3) is 46.6. The summed E-state index contributed by atoms with van der Waals surface area (Å²) in [4.78, 5) is 9.13. The number of amides is 1. The van der Waals surface area contributed by atoms with Crippen LogP contribution in [0.1, 0.15) is 0 Å². The summed E-state index contributed by atoms with van der Waals surface area (Å²) in [6, 6.07) is 0. The molecular weight excluding hydrogens is 96.0 g/mol. The minimum Gasteiger partial charge on any atom is -0.464 e. The summed E-state index contributed by atoms with van der Waals surface area (Å²) >= 11 is 0. The molecule has 0 aromatic rings. The summed E-state index contributed by atoms with van der Waals surface area (Å²) < 4.78 is 0. The number of nitrogens with two attached hydrogens (primary N) is 1. The standard InChI is InChI=1S/C2H4.CH4N2O2/c1-2;2-3-1(4)5/h1-2H2;3H,2H2,(H,4,5). The summed E-state index contributed by atoms with van der Waals surface area (Å²) in [6.45, 7) is 6.00. The largest absolute Gasteiger partial charge is 0.464 e. The fourth-order valence-electron chi connectivity index (χ4n) is 0. The molecule has 42 valence electrons. The number of rotatable bonds is 0. The Hall–Kier alpha value is -1.03. The van der Waals surface area contributed by atoms with Crippen molar-refractivity contribution in [1.29, 1.82) is 0 Å². The first-order valence-electron chi connectivity index (χ1n) is 1.47. The second-order valence-electron chi connectivity index (χ2n) is 0.449. The molecule has 0 saturated heterocycles. The average Bonchev–Trinajstić information content (AvgIpc) is 1.73. The van der Waals surface area contributed by atoms with Crippen LogP contribution in [0, 0.1) is 0 Å². The van der Waals surface area contributed by atoms with E-state index in [1.807, 2.05) is 0 Å². The van der Waals surface area contributed by atoms with E-state index in [-0.39, 0.29) is 0 Å². The van der Waals surface area contributed by atoms with Gasteiger partial charge < -0.3 is 5.11 Å². The van der Waals surface area contributed by atoms with Crippen LogP contribution in [0.25, 0.3) is 0 Å². The summed E-state index contributed by atoms with van der Waals surface area (Å²) in [6.07, 6.45) is -1.22. The van der Waals surface area contributed by atoms with Gasteiger partial charge in [0.05, 0.1) is 0 Å². The van der Waals surface area contributed by atoms with Gasteiger partial charge in [-0.05, 0) is 0 Å². The zero-order valence-corrected chi connectivity index (χ0v) is 3.85. The smallest absolute Gasteiger partial charge is 0.418 e. The fourth-order valence-corrected chi connectivity index (χ4v) is 0. The Morgan fingerprint density at radius 2 is 1.86 bits per heavy atom. The molecule has 0 aromatic carbocycles. The molecule has 0 aliphatic carbocycles. The molecule has 0 atom stereocenters. The number of hydrogen-bond donors (Lipinski definition) is 3. The maximum absolute atomic E-state index is 9.13. The van der Waals surface area contributed by atoms with Crippen LogP contribution in [0.15, 0.2) is 13.2 Å². The summed E-state index contributed by atoms with van der Waals surface area (Å²) in [5, 5.41) is 7.49. The highest BCUT2D eigenvalue weighted by Gasteiger charge is 1.77. The zero-order valence-electron chi connectivity index (χ0n) is 3.85. The predicted octanol–water partition coefficient (Wildman–Crippen LogP) is -0.0701. The summed E-state index contributed by atoms with van der Waals surface area (Å²) in [5.74, 6) is 4.32. The second-order valence-corrected chi connectivity index (χ2v) is 0.449. The molecule has 4 N–H and O–H groups in total. The quantitative estimate of drug-likeness (QED) is 0.174. The number of carboxylic acid groups (broad SMARTS) is 1. The molecule has 1 amide bonds. The molecule has 0 aliphatic heterocycles. The molecule has 4 heteroatoms. The van der Waals surface area contributed by atoms with Gasteiger partial charge in [0.2, 0.25) is 0 Å². The fraction of sp³-hybridized carbons (Fsp3) is 0. The van der Waals surface area contributed by atoms with E-state index in [1.165, 1.54) is 5.43 Å². The Bertz CT molecular complexity index is 54.9. The molecule has 0 heterocycles. The zero-order chi connectivity index (χ0) is 6.28. The van der Waals surface area contributed by atoms with Gasteiger partial charge in [-0.2, -0.15) is 0 Å². The molecule has 7 heavy (non-hydrogen) atoms. The third-order valence-corrected chi connectivity index (χ3v) is 0.123. The van der Waals surface area contributed by atoms with Gasteiger partial charge in [-0.15, -0.1) is 13.2 Å². The Morgan fingerprint density at radius 1 is 1.71 bits per heavy atom. The number of hydrogen-bond acceptors (Lipinski definition) is 2. The molecule has 4 nitrogen and oxygen atoms in total. The van der Waals surface area contributed by atoms with Gasteiger partial charge in [0.25, 0.3) is 0 Å². The van der Waals surface area contributed by atoms with E-state index in [0.717, 1.165) is 0 Å². The van der Waals surface area contributed by atoms with Crippen LogP contribution < -0.4 is 11.3 Å². The molecule has 0 spiro atoms. The lowest BCUT2D eigenvalue weighted by Gasteiger charge is -1.79. The molecule has 0 bridgehead atoms. The van der Waals surface area contributed by atoms with Gasteiger partial charge in [-0.25, -0.2) is 10.6 Å². The van der Waals surface area contributed by atoms with Gasteiger partial charge in [0.1, 0.15) is 0 Å². The first-order chi connectivity index (χ1) is 3.27. The van der Waals surface area contributed by atoms with E-state index in [0.29, 0.717) is 0 Å². The van der Waals surface area contributed by atoms with E-state index in [1.54, 1.807) is 0 Å². The van der Waals surface area contributed by atoms with Crippen molar-refractivity contribution >= 4 is 6.09 Å². The maximum atomic E-state index is 9.13. The minimum absolute atomic E-state index is 1.22. The van der Waals surface area contributed by atoms with E-state index in [4.69, 9.17) is 9.90 Å². The first kappa shape index (κ1) is 9.36. The van der Waals surface area contributed by atoms with Crippen molar-refractivity contribution in [2.75, 3.05) is 0 Å². The van der Waals surface area contributed by atoms with Gasteiger partial charge in [0, 0.05) is 0 Å². The first-order valence-corrected chi connectivity index (χ1v) is 1.47. The lowest BCUT2D eigenvalue weighted by Crippen LogP contribution is -2.27. The van der Waals surface area contributed by atoms with Gasteiger partial charge in [0.15, 0.2) is 0 Å². The van der Waals surface area contributed by atoms with Crippen molar-refractivity contribution in [3.05, 3.63) is 13.2 Å². The van der Waals surface area contributed by atoms with E-state index < -0.39 is 6.09 Å². The molecule has 0 saturated carbocycles. The van der Waals surface area contributed by atoms with Crippen molar-refractivity contribution in [2.45, 2.75) is 0 Å². The lowest BCUT2D eigenvalue weighted by atomic mass is 11.3. The van der Waals surface area contributed by atoms with Crippen LogP contribution in [0.4, 0.5) is 4.79 Å². The molecule has 0 aromatic heterocycles. The van der Waals surface area contributed by atoms with Crippen molar-refractivity contribution in [3.63, 3.8) is 0 Å². The average molecular weight is 104 g/mol. The Balaban J connectivity index is 0. The molecule has 0 rings (SSSR count). The van der Waals surface area contributed by atoms with Crippen molar-refractivity contribution in [3.8, 4) is 0 Å². The molecule has 0 radical (unpaired) electrons. The van der Waals surface area contributed by atoms with Crippen molar-refractivity contribution < 1.29 is 9.90 Å². The van der Waals surface area contributed by atoms with Crippen LogP contribution >= 0.6 is 0 Å². The van der Waals surface area contributed by atoms with E-state index >= 15 is 0 Å². The Labute approximate surface area is 41.6 Å². The van der Waals surface area contributed by atoms with E-state index in [9.17, 15) is 0 Å². The topological polar surface area (TPSA) is 75.3 Å². The molecule has 0 aliphatic rings. The monoisotopic (exact) mass is 104 g/mol. The predicted molar refractivity (Wildman–Crippen MR) is 26.6 cm³/mol. The van der Waals surface area contributed by atoms with Crippen molar-refractivity contribution in [2.24, 2.45) is 5.84 Å². The lowest BCUT2D eigenvalue weighted by molar-refractivity contribution is 0.194. The summed E-state index contributed by atoms with van der Waals surface area (Å²) in [5.41, 5.74) is 1.44. The Morgan fingerprint density at radius 3 is 1.86 bits per heavy atom. The second kappa shape index (κ2) is 8.88. The Kier molecular flexibility index (Phi) is 11.9. The molecule has 0 unspecified atom stereocenters. The summed E-state index contributed by atoms with van der Waals surface area (Å²) in [7, 11) is 0. The van der Waals surface area contributed by atoms with Crippen LogP contribution in [-0.4, -0.2) is 11.2 Å². The van der Waals surface area contributed by atoms with Gasteiger partial charge >= 0.3 is 6.09 Å². The normalized spacial score (nSPS) is 5.29. The highest BCUT2D eigenvalue weighted by Crippen LogP contribution is 1.42. The molecular formula is C3H8N2O2. The number of carbonyl (C=O) groups is 1. The number of nitrogens with one attached hydrogen (secondary N) is 1. The van der Waals surface area contributed by atoms with Gasteiger partial charge in [-0.3, -0.25) is 5.43 Å². The van der Waals surface area contributed by atoms with Crippen LogP contribution in [0.2, 0.25) is 0 Å². The number of hydrazine groups is 1. The van der Waals surface area contributed by atoms with E-state index in [2.05, 4.69) is 19.0 Å². The SMILES string of the molecule is C=C.NNC(=O)O. The highest BCUT2D eigenvalue weighted by molar-refractivity contribution is 5.63. The third-order valence-electron chi connectivity index (χ3n) is 0.123. The van der Waals surface area contributed by atoms with Gasteiger partial charge in [-0.1, -0.05) is 0 Å². The van der Waals surface area contributed by atoms with Crippen LogP contribution in [0.3, 0.4) is 0 Å².